The van der Waals surface area contributed by atoms with Crippen LogP contribution in [0.1, 0.15) is 54.4 Å². The molecule has 0 N–H and O–H groups in total. The Bertz CT molecular complexity index is 603. The second-order valence-corrected chi connectivity index (χ2v) is 6.46. The van der Waals surface area contributed by atoms with Crippen molar-refractivity contribution < 1.29 is 14.3 Å². The Morgan fingerprint density at radius 3 is 2.77 bits per heavy atom. The Morgan fingerprint density at radius 1 is 1.32 bits per heavy atom. The number of hydrogen-bond acceptors (Lipinski definition) is 3. The maximum atomic E-state index is 12.5. The normalized spacial score (nSPS) is 18.0. The number of carbonyl (C=O) groups excluding carboxylic acids is 2. The second kappa shape index (κ2) is 6.11. The van der Waals surface area contributed by atoms with Gasteiger partial charge in [-0.15, -0.1) is 0 Å². The largest absolute Gasteiger partial charge is 0.492 e. The maximum Gasteiger partial charge on any atom is 0.227 e. The Kier molecular flexibility index (Phi) is 4.19. The lowest BCUT2D eigenvalue weighted by Crippen LogP contribution is -2.29. The number of Topliss-reactive ketones (excluding diaryl/α,β-unsaturated/α-hetero) is 1. The molecule has 0 bridgehead atoms. The van der Waals surface area contributed by atoms with E-state index in [4.69, 9.17) is 4.74 Å². The van der Waals surface area contributed by atoms with Gasteiger partial charge in [-0.1, -0.05) is 12.8 Å². The van der Waals surface area contributed by atoms with E-state index in [0.29, 0.717) is 36.7 Å². The van der Waals surface area contributed by atoms with Crippen molar-refractivity contribution >= 4 is 17.4 Å². The van der Waals surface area contributed by atoms with Crippen molar-refractivity contribution in [1.29, 1.82) is 0 Å². The molecule has 1 fully saturated rings. The van der Waals surface area contributed by atoms with Gasteiger partial charge in [0.1, 0.15) is 5.75 Å². The number of ketones is 1. The lowest BCUT2D eigenvalue weighted by Gasteiger charge is -2.24. The van der Waals surface area contributed by atoms with Gasteiger partial charge in [-0.3, -0.25) is 9.59 Å². The van der Waals surface area contributed by atoms with Crippen molar-refractivity contribution in [3.05, 3.63) is 23.3 Å². The zero-order valence-corrected chi connectivity index (χ0v) is 13.4. The molecule has 1 amide bonds. The summed E-state index contributed by atoms with van der Waals surface area (Å²) < 4.78 is 5.59. The second-order valence-electron chi connectivity index (χ2n) is 6.46. The van der Waals surface area contributed by atoms with Crippen LogP contribution < -0.4 is 9.64 Å². The summed E-state index contributed by atoms with van der Waals surface area (Å²) in [4.78, 5) is 26.1. The van der Waals surface area contributed by atoms with Gasteiger partial charge in [0.25, 0.3) is 0 Å². The van der Waals surface area contributed by atoms with Crippen LogP contribution in [0.5, 0.6) is 5.75 Å². The maximum absolute atomic E-state index is 12.5. The summed E-state index contributed by atoms with van der Waals surface area (Å²) in [5.74, 6) is 1.41. The van der Waals surface area contributed by atoms with Crippen LogP contribution in [-0.4, -0.2) is 25.3 Å². The molecule has 3 rings (SSSR count). The quantitative estimate of drug-likeness (QED) is 0.858. The Labute approximate surface area is 131 Å². The minimum absolute atomic E-state index is 0.121. The molecule has 0 atom stereocenters. The molecule has 1 heterocycles. The van der Waals surface area contributed by atoms with E-state index < -0.39 is 0 Å². The third-order valence-corrected chi connectivity index (χ3v) is 4.86. The summed E-state index contributed by atoms with van der Waals surface area (Å²) in [6, 6.07) is 3.69. The first-order chi connectivity index (χ1) is 10.6. The number of nitrogens with zero attached hydrogens (tertiary/aromatic N) is 1. The van der Waals surface area contributed by atoms with Crippen molar-refractivity contribution in [2.45, 2.75) is 45.4 Å². The molecule has 1 aromatic carbocycles. The number of fused-ring (bicyclic) bond motifs is 1. The van der Waals surface area contributed by atoms with Gasteiger partial charge in [0.2, 0.25) is 5.91 Å². The minimum atomic E-state index is 0.121. The highest BCUT2D eigenvalue weighted by atomic mass is 16.5. The monoisotopic (exact) mass is 301 g/mol. The van der Waals surface area contributed by atoms with E-state index in [0.717, 1.165) is 11.3 Å². The molecule has 1 saturated carbocycles. The average molecular weight is 301 g/mol. The summed E-state index contributed by atoms with van der Waals surface area (Å²) >= 11 is 0. The van der Waals surface area contributed by atoms with E-state index in [-0.39, 0.29) is 11.7 Å². The van der Waals surface area contributed by atoms with Crippen molar-refractivity contribution in [2.24, 2.45) is 5.92 Å². The fourth-order valence-electron chi connectivity index (χ4n) is 3.50. The molecule has 0 aromatic heterocycles. The molecule has 4 heteroatoms. The number of aryl methyl sites for hydroxylation is 1. The number of ether oxygens (including phenoxy) is 1. The van der Waals surface area contributed by atoms with Gasteiger partial charge in [-0.2, -0.15) is 0 Å². The van der Waals surface area contributed by atoms with Crippen LogP contribution in [0.2, 0.25) is 0 Å². The fourth-order valence-corrected chi connectivity index (χ4v) is 3.50. The van der Waals surface area contributed by atoms with Crippen LogP contribution >= 0.6 is 0 Å². The molecule has 0 saturated heterocycles. The van der Waals surface area contributed by atoms with Gasteiger partial charge in [-0.05, 0) is 37.3 Å². The standard InChI is InChI=1S/C18H23NO3/c1-12-9-14-16(20)7-8-22-17(14)11-15(12)19(2)18(21)10-13-5-3-4-6-13/h9,11,13H,3-8,10H2,1-2H3. The number of benzene rings is 1. The first-order valence-corrected chi connectivity index (χ1v) is 8.13. The SMILES string of the molecule is Cc1cc2c(cc1N(C)C(=O)CC1CCCC1)OCCC2=O. The van der Waals surface area contributed by atoms with Crippen LogP contribution in [0.3, 0.4) is 0 Å². The smallest absolute Gasteiger partial charge is 0.227 e. The van der Waals surface area contributed by atoms with Crippen molar-refractivity contribution in [3.63, 3.8) is 0 Å². The first kappa shape index (κ1) is 15.1. The topological polar surface area (TPSA) is 46.6 Å². The highest BCUT2D eigenvalue weighted by Gasteiger charge is 2.25. The number of anilines is 1. The Balaban J connectivity index is 1.81. The van der Waals surface area contributed by atoms with E-state index in [2.05, 4.69) is 0 Å². The minimum Gasteiger partial charge on any atom is -0.492 e. The predicted octanol–water partition coefficient (Wildman–Crippen LogP) is 3.50. The zero-order chi connectivity index (χ0) is 15.7. The number of amides is 1. The lowest BCUT2D eigenvalue weighted by atomic mass is 9.99. The van der Waals surface area contributed by atoms with Gasteiger partial charge in [-0.25, -0.2) is 0 Å². The van der Waals surface area contributed by atoms with E-state index in [1.54, 1.807) is 4.90 Å². The van der Waals surface area contributed by atoms with Crippen LogP contribution in [0.25, 0.3) is 0 Å². The molecule has 22 heavy (non-hydrogen) atoms. The number of rotatable bonds is 3. The Hall–Kier alpha value is -1.84. The summed E-state index contributed by atoms with van der Waals surface area (Å²) in [7, 11) is 1.82. The molecule has 2 aliphatic rings. The third kappa shape index (κ3) is 2.87. The summed E-state index contributed by atoms with van der Waals surface area (Å²) in [6.45, 7) is 2.37. The fraction of sp³-hybridized carbons (Fsp3) is 0.556. The molecular weight excluding hydrogens is 278 g/mol. The third-order valence-electron chi connectivity index (χ3n) is 4.86. The van der Waals surface area contributed by atoms with E-state index in [1.807, 2.05) is 26.1 Å². The highest BCUT2D eigenvalue weighted by molar-refractivity contribution is 6.01. The van der Waals surface area contributed by atoms with E-state index in [9.17, 15) is 9.59 Å². The predicted molar refractivity (Wildman–Crippen MR) is 85.6 cm³/mol. The highest BCUT2D eigenvalue weighted by Crippen LogP contribution is 2.34. The van der Waals surface area contributed by atoms with Gasteiger partial charge in [0.15, 0.2) is 5.78 Å². The number of carbonyl (C=O) groups is 2. The first-order valence-electron chi connectivity index (χ1n) is 8.13. The number of hydrogen-bond donors (Lipinski definition) is 0. The van der Waals surface area contributed by atoms with Crippen molar-refractivity contribution in [3.8, 4) is 5.75 Å². The summed E-state index contributed by atoms with van der Waals surface area (Å²) in [5.41, 5.74) is 2.43. The molecule has 0 unspecified atom stereocenters. The molecular formula is C18H23NO3. The molecule has 118 valence electrons. The molecule has 4 nitrogen and oxygen atoms in total. The summed E-state index contributed by atoms with van der Waals surface area (Å²) in [5, 5.41) is 0. The Morgan fingerprint density at radius 2 is 2.05 bits per heavy atom. The van der Waals surface area contributed by atoms with Crippen molar-refractivity contribution in [1.82, 2.24) is 0 Å². The van der Waals surface area contributed by atoms with Crippen molar-refractivity contribution in [2.75, 3.05) is 18.6 Å². The molecule has 0 radical (unpaired) electrons. The van der Waals surface area contributed by atoms with Crippen LogP contribution in [0.15, 0.2) is 12.1 Å². The van der Waals surface area contributed by atoms with Crippen LogP contribution in [0, 0.1) is 12.8 Å². The zero-order valence-electron chi connectivity index (χ0n) is 13.4. The van der Waals surface area contributed by atoms with Crippen LogP contribution in [-0.2, 0) is 4.79 Å². The van der Waals surface area contributed by atoms with E-state index >= 15 is 0 Å². The molecule has 1 aromatic rings. The van der Waals surface area contributed by atoms with E-state index in [1.165, 1.54) is 25.7 Å². The lowest BCUT2D eigenvalue weighted by molar-refractivity contribution is -0.119. The molecule has 1 aliphatic heterocycles. The molecule has 1 aliphatic carbocycles. The van der Waals surface area contributed by atoms with Crippen LogP contribution in [0.4, 0.5) is 5.69 Å². The van der Waals surface area contributed by atoms with Gasteiger partial charge < -0.3 is 9.64 Å². The van der Waals surface area contributed by atoms with Gasteiger partial charge in [0, 0.05) is 31.6 Å². The van der Waals surface area contributed by atoms with Gasteiger partial charge >= 0.3 is 0 Å². The van der Waals surface area contributed by atoms with Gasteiger partial charge in [0.05, 0.1) is 12.2 Å². The molecule has 0 spiro atoms. The average Bonchev–Trinajstić information content (AvgIpc) is 3.00. The summed E-state index contributed by atoms with van der Waals surface area (Å²) in [6.07, 6.45) is 5.88.